The average Bonchev–Trinajstić information content (AvgIpc) is 3.15. The fourth-order valence-corrected chi connectivity index (χ4v) is 3.70. The van der Waals surface area contributed by atoms with Gasteiger partial charge in [-0.1, -0.05) is 24.3 Å². The van der Waals surface area contributed by atoms with Gasteiger partial charge in [0, 0.05) is 30.1 Å². The van der Waals surface area contributed by atoms with E-state index in [2.05, 4.69) is 27.6 Å². The Balaban J connectivity index is 1.51. The van der Waals surface area contributed by atoms with Gasteiger partial charge in [-0.15, -0.1) is 0 Å². The van der Waals surface area contributed by atoms with Crippen LogP contribution in [0, 0.1) is 6.92 Å². The van der Waals surface area contributed by atoms with Gasteiger partial charge in [-0.25, -0.2) is 4.52 Å². The zero-order chi connectivity index (χ0) is 19.8. The predicted molar refractivity (Wildman–Crippen MR) is 113 cm³/mol. The number of hydrogen-bond donors (Lipinski definition) is 1. The van der Waals surface area contributed by atoms with Gasteiger partial charge >= 0.3 is 0 Å². The van der Waals surface area contributed by atoms with Gasteiger partial charge in [0.15, 0.2) is 0 Å². The SMILES string of the molecule is Cc1cn2nc(C3=CC(=O)N4C=C(C5=CCNCC5)C=C/C4=C\C=C3)cc2cn1. The number of carbonyl (C=O) groups is 1. The third kappa shape index (κ3) is 3.39. The van der Waals surface area contributed by atoms with Crippen molar-refractivity contribution >= 4 is 17.0 Å². The summed E-state index contributed by atoms with van der Waals surface area (Å²) in [5, 5.41) is 7.94. The molecular formula is C23H21N5O. The largest absolute Gasteiger partial charge is 0.313 e. The van der Waals surface area contributed by atoms with Crippen LogP contribution in [0.15, 0.2) is 84.0 Å². The summed E-state index contributed by atoms with van der Waals surface area (Å²) in [7, 11) is 0. The maximum atomic E-state index is 13.1. The van der Waals surface area contributed by atoms with Crippen LogP contribution in [0.25, 0.3) is 11.1 Å². The average molecular weight is 383 g/mol. The lowest BCUT2D eigenvalue weighted by Gasteiger charge is -2.26. The van der Waals surface area contributed by atoms with Crippen molar-refractivity contribution in [3.8, 4) is 0 Å². The predicted octanol–water partition coefficient (Wildman–Crippen LogP) is 3.08. The van der Waals surface area contributed by atoms with E-state index in [1.165, 1.54) is 5.57 Å². The van der Waals surface area contributed by atoms with Gasteiger partial charge in [0.25, 0.3) is 5.91 Å². The molecule has 1 amide bonds. The normalized spacial score (nSPS) is 21.0. The molecule has 2 aromatic heterocycles. The summed E-state index contributed by atoms with van der Waals surface area (Å²) in [6, 6.07) is 1.94. The summed E-state index contributed by atoms with van der Waals surface area (Å²) in [4.78, 5) is 19.1. The number of nitrogens with zero attached hydrogens (tertiary/aromatic N) is 4. The Morgan fingerprint density at radius 2 is 2.10 bits per heavy atom. The van der Waals surface area contributed by atoms with Crippen LogP contribution in [-0.2, 0) is 4.79 Å². The molecule has 0 unspecified atom stereocenters. The highest BCUT2D eigenvalue weighted by molar-refractivity contribution is 5.99. The Hall–Kier alpha value is -3.51. The quantitative estimate of drug-likeness (QED) is 0.866. The minimum atomic E-state index is -0.0849. The van der Waals surface area contributed by atoms with Crippen LogP contribution in [0.1, 0.15) is 17.8 Å². The molecule has 3 aliphatic rings. The van der Waals surface area contributed by atoms with E-state index in [4.69, 9.17) is 0 Å². The molecule has 0 saturated carbocycles. The van der Waals surface area contributed by atoms with Crippen LogP contribution in [0.3, 0.4) is 0 Å². The van der Waals surface area contributed by atoms with E-state index in [1.807, 2.05) is 49.7 Å². The van der Waals surface area contributed by atoms with E-state index < -0.39 is 0 Å². The summed E-state index contributed by atoms with van der Waals surface area (Å²) in [5.74, 6) is -0.0849. The van der Waals surface area contributed by atoms with E-state index in [0.29, 0.717) is 0 Å². The van der Waals surface area contributed by atoms with Gasteiger partial charge in [0.1, 0.15) is 0 Å². The molecule has 0 spiro atoms. The molecule has 0 atom stereocenters. The van der Waals surface area contributed by atoms with Crippen molar-refractivity contribution in [2.45, 2.75) is 13.3 Å². The zero-order valence-corrected chi connectivity index (χ0v) is 16.2. The van der Waals surface area contributed by atoms with Crippen molar-refractivity contribution in [2.24, 2.45) is 0 Å². The first-order valence-electron chi connectivity index (χ1n) is 9.73. The van der Waals surface area contributed by atoms with E-state index >= 15 is 0 Å². The number of allylic oxidation sites excluding steroid dienone is 7. The Morgan fingerprint density at radius 1 is 1.17 bits per heavy atom. The molecule has 29 heavy (non-hydrogen) atoms. The van der Waals surface area contributed by atoms with Gasteiger partial charge in [-0.2, -0.15) is 5.10 Å². The lowest BCUT2D eigenvalue weighted by atomic mass is 9.97. The second-order valence-corrected chi connectivity index (χ2v) is 7.29. The van der Waals surface area contributed by atoms with E-state index in [1.54, 1.807) is 21.7 Å². The molecule has 1 N–H and O–H groups in total. The Labute approximate surface area is 168 Å². The van der Waals surface area contributed by atoms with Crippen LogP contribution in [0.2, 0.25) is 0 Å². The number of hydrogen-bond acceptors (Lipinski definition) is 4. The molecule has 2 aromatic rings. The topological polar surface area (TPSA) is 62.5 Å². The van der Waals surface area contributed by atoms with Crippen LogP contribution in [-0.4, -0.2) is 38.5 Å². The smallest absolute Gasteiger partial charge is 0.255 e. The fourth-order valence-electron chi connectivity index (χ4n) is 3.70. The van der Waals surface area contributed by atoms with E-state index in [-0.39, 0.29) is 5.91 Å². The first-order chi connectivity index (χ1) is 14.2. The summed E-state index contributed by atoms with van der Waals surface area (Å²) < 4.78 is 1.79. The van der Waals surface area contributed by atoms with E-state index in [9.17, 15) is 4.79 Å². The summed E-state index contributed by atoms with van der Waals surface area (Å²) in [5.41, 5.74) is 6.53. The van der Waals surface area contributed by atoms with Crippen LogP contribution < -0.4 is 5.32 Å². The number of rotatable bonds is 2. The summed E-state index contributed by atoms with van der Waals surface area (Å²) >= 11 is 0. The monoisotopic (exact) mass is 383 g/mol. The Kier molecular flexibility index (Phi) is 4.33. The van der Waals surface area contributed by atoms with Gasteiger partial charge in [-0.3, -0.25) is 14.7 Å². The maximum absolute atomic E-state index is 13.1. The first kappa shape index (κ1) is 17.6. The van der Waals surface area contributed by atoms with Crippen LogP contribution in [0.4, 0.5) is 0 Å². The molecule has 6 nitrogen and oxygen atoms in total. The van der Waals surface area contributed by atoms with Crippen molar-refractivity contribution in [3.05, 3.63) is 95.4 Å². The maximum Gasteiger partial charge on any atom is 0.255 e. The van der Waals surface area contributed by atoms with Crippen molar-refractivity contribution in [1.82, 2.24) is 24.8 Å². The minimum absolute atomic E-state index is 0.0849. The lowest BCUT2D eigenvalue weighted by Crippen LogP contribution is -2.27. The third-order valence-corrected chi connectivity index (χ3v) is 5.24. The molecular weight excluding hydrogens is 362 g/mol. The molecule has 0 saturated heterocycles. The van der Waals surface area contributed by atoms with Crippen molar-refractivity contribution in [3.63, 3.8) is 0 Å². The number of aromatic nitrogens is 3. The van der Waals surface area contributed by atoms with Gasteiger partial charge in [0.05, 0.1) is 29.3 Å². The fraction of sp³-hybridized carbons (Fsp3) is 0.174. The molecule has 6 heteroatoms. The number of amides is 1. The van der Waals surface area contributed by atoms with Crippen molar-refractivity contribution in [2.75, 3.05) is 13.1 Å². The number of fused-ring (bicyclic) bond motifs is 2. The Bertz CT molecular complexity index is 1190. The highest BCUT2D eigenvalue weighted by Gasteiger charge is 2.20. The molecule has 144 valence electrons. The third-order valence-electron chi connectivity index (χ3n) is 5.24. The molecule has 0 fully saturated rings. The Morgan fingerprint density at radius 3 is 2.97 bits per heavy atom. The second-order valence-electron chi connectivity index (χ2n) is 7.29. The summed E-state index contributed by atoms with van der Waals surface area (Å²) in [6.07, 6.45) is 20.3. The van der Waals surface area contributed by atoms with Crippen LogP contribution >= 0.6 is 0 Å². The zero-order valence-electron chi connectivity index (χ0n) is 16.2. The van der Waals surface area contributed by atoms with Gasteiger partial charge < -0.3 is 5.32 Å². The minimum Gasteiger partial charge on any atom is -0.313 e. The second kappa shape index (κ2) is 7.14. The summed E-state index contributed by atoms with van der Waals surface area (Å²) in [6.45, 7) is 3.76. The van der Waals surface area contributed by atoms with Crippen molar-refractivity contribution in [1.29, 1.82) is 0 Å². The first-order valence-corrected chi connectivity index (χ1v) is 9.73. The molecule has 0 aliphatic carbocycles. The van der Waals surface area contributed by atoms with E-state index in [0.717, 1.165) is 53.3 Å². The lowest BCUT2D eigenvalue weighted by molar-refractivity contribution is -0.122. The number of aryl methyl sites for hydroxylation is 1. The van der Waals surface area contributed by atoms with Gasteiger partial charge in [0.2, 0.25) is 0 Å². The van der Waals surface area contributed by atoms with Gasteiger partial charge in [-0.05, 0) is 49.3 Å². The standard InChI is InChI=1S/C23H21N5O/c1-16-14-28-21(13-25-16)12-22(26-28)18-3-2-4-20-6-5-19(15-27(20)23(29)11-18)17-7-9-24-10-8-17/h2-7,11-15,24H,8-10H2,1H3/b3-2?,18-11?,20-4+. The van der Waals surface area contributed by atoms with Crippen LogP contribution in [0.5, 0.6) is 0 Å². The number of carbonyl (C=O) groups excluding carboxylic acids is 1. The van der Waals surface area contributed by atoms with Crippen molar-refractivity contribution < 1.29 is 4.79 Å². The number of nitrogens with one attached hydrogen (secondary N) is 1. The highest BCUT2D eigenvalue weighted by Crippen LogP contribution is 2.27. The molecule has 5 rings (SSSR count). The molecule has 0 radical (unpaired) electrons. The molecule has 3 aliphatic heterocycles. The molecule has 0 aromatic carbocycles. The molecule has 0 bridgehead atoms. The molecule has 5 heterocycles. The highest BCUT2D eigenvalue weighted by atomic mass is 16.2.